The number of piperidine rings is 1. The van der Waals surface area contributed by atoms with Crippen LogP contribution in [-0.2, 0) is 18.9 Å². The number of rotatable bonds is 7. The zero-order valence-corrected chi connectivity index (χ0v) is 14.6. The molecule has 0 radical (unpaired) electrons. The van der Waals surface area contributed by atoms with Crippen LogP contribution in [0.5, 0.6) is 0 Å². The standard InChI is InChI=1S/C18H33NO4/c1-20-12-8-19-7-3-17-18(14-19,6-2-9-23-17)15-22-13-16-4-10-21-11-5-16/h16-17H,2-15H2,1H3/t17-,18+/m1/s1. The van der Waals surface area contributed by atoms with Gasteiger partial charge in [0, 0.05) is 58.6 Å². The van der Waals surface area contributed by atoms with Gasteiger partial charge in [-0.3, -0.25) is 0 Å². The van der Waals surface area contributed by atoms with Gasteiger partial charge in [0.15, 0.2) is 0 Å². The Hall–Kier alpha value is -0.200. The highest BCUT2D eigenvalue weighted by Gasteiger charge is 2.46. The fraction of sp³-hybridized carbons (Fsp3) is 1.00. The first-order valence-corrected chi connectivity index (χ1v) is 9.31. The number of fused-ring (bicyclic) bond motifs is 1. The Kier molecular flexibility index (Phi) is 6.72. The number of hydrogen-bond donors (Lipinski definition) is 0. The summed E-state index contributed by atoms with van der Waals surface area (Å²) in [5.41, 5.74) is 0.190. The van der Waals surface area contributed by atoms with E-state index >= 15 is 0 Å². The molecule has 0 aliphatic carbocycles. The van der Waals surface area contributed by atoms with E-state index in [9.17, 15) is 0 Å². The predicted octanol–water partition coefficient (Wildman–Crippen LogP) is 1.95. The Balaban J connectivity index is 1.52. The number of ether oxygens (including phenoxy) is 4. The van der Waals surface area contributed by atoms with Gasteiger partial charge in [-0.05, 0) is 38.0 Å². The summed E-state index contributed by atoms with van der Waals surface area (Å²) in [6.07, 6.45) is 6.19. The highest BCUT2D eigenvalue weighted by atomic mass is 16.5. The van der Waals surface area contributed by atoms with E-state index in [2.05, 4.69) is 4.90 Å². The summed E-state index contributed by atoms with van der Waals surface area (Å²) in [6, 6.07) is 0. The van der Waals surface area contributed by atoms with E-state index in [4.69, 9.17) is 18.9 Å². The van der Waals surface area contributed by atoms with Crippen LogP contribution < -0.4 is 0 Å². The van der Waals surface area contributed by atoms with Crippen molar-refractivity contribution in [3.8, 4) is 0 Å². The third-order valence-electron chi connectivity index (χ3n) is 5.76. The van der Waals surface area contributed by atoms with Crippen LogP contribution >= 0.6 is 0 Å². The molecule has 3 aliphatic heterocycles. The second kappa shape index (κ2) is 8.77. The van der Waals surface area contributed by atoms with Crippen LogP contribution in [0.3, 0.4) is 0 Å². The second-order valence-electron chi connectivity index (χ2n) is 7.45. The van der Waals surface area contributed by atoms with Gasteiger partial charge in [-0.25, -0.2) is 0 Å². The molecule has 0 aromatic heterocycles. The average molecular weight is 327 g/mol. The lowest BCUT2D eigenvalue weighted by Gasteiger charge is -2.50. The maximum absolute atomic E-state index is 6.23. The van der Waals surface area contributed by atoms with E-state index in [0.29, 0.717) is 12.0 Å². The summed E-state index contributed by atoms with van der Waals surface area (Å²) < 4.78 is 23.1. The molecule has 3 heterocycles. The van der Waals surface area contributed by atoms with E-state index in [1.165, 1.54) is 6.42 Å². The van der Waals surface area contributed by atoms with Crippen LogP contribution in [0.15, 0.2) is 0 Å². The van der Waals surface area contributed by atoms with Gasteiger partial charge in [0.1, 0.15) is 0 Å². The highest BCUT2D eigenvalue weighted by molar-refractivity contribution is 4.96. The Labute approximate surface area is 140 Å². The van der Waals surface area contributed by atoms with Crippen molar-refractivity contribution in [1.82, 2.24) is 4.90 Å². The van der Waals surface area contributed by atoms with Gasteiger partial charge in [0.25, 0.3) is 0 Å². The molecule has 3 rings (SSSR count). The van der Waals surface area contributed by atoms with Crippen molar-refractivity contribution in [1.29, 1.82) is 0 Å². The maximum Gasteiger partial charge on any atom is 0.0677 e. The minimum Gasteiger partial charge on any atom is -0.383 e. The van der Waals surface area contributed by atoms with E-state index < -0.39 is 0 Å². The Morgan fingerprint density at radius 3 is 2.87 bits per heavy atom. The summed E-state index contributed by atoms with van der Waals surface area (Å²) in [5, 5.41) is 0. The number of hydrogen-bond acceptors (Lipinski definition) is 5. The Morgan fingerprint density at radius 2 is 2.04 bits per heavy atom. The van der Waals surface area contributed by atoms with E-state index in [0.717, 1.165) is 85.0 Å². The van der Waals surface area contributed by atoms with Gasteiger partial charge in [0.05, 0.1) is 19.3 Å². The molecular weight excluding hydrogens is 294 g/mol. The molecule has 134 valence electrons. The summed E-state index contributed by atoms with van der Waals surface area (Å²) in [7, 11) is 1.78. The summed E-state index contributed by atoms with van der Waals surface area (Å²) in [4.78, 5) is 2.53. The third-order valence-corrected chi connectivity index (χ3v) is 5.76. The van der Waals surface area contributed by atoms with Gasteiger partial charge >= 0.3 is 0 Å². The summed E-state index contributed by atoms with van der Waals surface area (Å²) >= 11 is 0. The number of likely N-dealkylation sites (tertiary alicyclic amines) is 1. The van der Waals surface area contributed by atoms with Crippen LogP contribution in [0.1, 0.15) is 32.1 Å². The molecule has 0 N–H and O–H groups in total. The molecular formula is C18H33NO4. The molecule has 5 nitrogen and oxygen atoms in total. The van der Waals surface area contributed by atoms with Crippen molar-refractivity contribution in [2.24, 2.45) is 11.3 Å². The Morgan fingerprint density at radius 1 is 1.17 bits per heavy atom. The maximum atomic E-state index is 6.23. The molecule has 3 fully saturated rings. The van der Waals surface area contributed by atoms with Crippen LogP contribution in [0, 0.1) is 11.3 Å². The molecule has 0 aromatic rings. The lowest BCUT2D eigenvalue weighted by atomic mass is 9.73. The first kappa shape index (κ1) is 17.6. The third kappa shape index (κ3) is 4.67. The van der Waals surface area contributed by atoms with Crippen LogP contribution in [0.4, 0.5) is 0 Å². The number of nitrogens with zero attached hydrogens (tertiary/aromatic N) is 1. The molecule has 0 aromatic carbocycles. The SMILES string of the molecule is COCCN1CC[C@H]2OCCC[C@@]2(COCC2CCOCC2)C1. The largest absolute Gasteiger partial charge is 0.383 e. The van der Waals surface area contributed by atoms with Crippen LogP contribution in [0.2, 0.25) is 0 Å². The lowest BCUT2D eigenvalue weighted by molar-refractivity contribution is -0.157. The van der Waals surface area contributed by atoms with Crippen molar-refractivity contribution in [2.45, 2.75) is 38.2 Å². The average Bonchev–Trinajstić information content (AvgIpc) is 2.60. The minimum absolute atomic E-state index is 0.190. The fourth-order valence-electron chi connectivity index (χ4n) is 4.35. The molecule has 23 heavy (non-hydrogen) atoms. The highest BCUT2D eigenvalue weighted by Crippen LogP contribution is 2.40. The minimum atomic E-state index is 0.190. The van der Waals surface area contributed by atoms with Crippen molar-refractivity contribution in [2.75, 3.05) is 66.4 Å². The number of methoxy groups -OCH3 is 1. The molecule has 0 amide bonds. The normalized spacial score (nSPS) is 33.5. The van der Waals surface area contributed by atoms with Gasteiger partial charge in [0.2, 0.25) is 0 Å². The van der Waals surface area contributed by atoms with E-state index in [1.54, 1.807) is 7.11 Å². The lowest BCUT2D eigenvalue weighted by Crippen LogP contribution is -2.57. The predicted molar refractivity (Wildman–Crippen MR) is 88.7 cm³/mol. The van der Waals surface area contributed by atoms with Crippen molar-refractivity contribution < 1.29 is 18.9 Å². The molecule has 0 saturated carbocycles. The molecule has 5 heteroatoms. The molecule has 3 saturated heterocycles. The zero-order valence-electron chi connectivity index (χ0n) is 14.6. The summed E-state index contributed by atoms with van der Waals surface area (Å²) in [5.74, 6) is 0.677. The molecule has 0 bridgehead atoms. The smallest absolute Gasteiger partial charge is 0.0677 e. The van der Waals surface area contributed by atoms with Gasteiger partial charge in [-0.15, -0.1) is 0 Å². The molecule has 3 aliphatic rings. The van der Waals surface area contributed by atoms with Gasteiger partial charge in [-0.1, -0.05) is 0 Å². The molecule has 2 atom stereocenters. The zero-order chi connectivity index (χ0) is 16.0. The first-order valence-electron chi connectivity index (χ1n) is 9.31. The fourth-order valence-corrected chi connectivity index (χ4v) is 4.35. The Bertz CT molecular complexity index is 348. The van der Waals surface area contributed by atoms with Gasteiger partial charge in [-0.2, -0.15) is 0 Å². The van der Waals surface area contributed by atoms with Crippen molar-refractivity contribution in [3.05, 3.63) is 0 Å². The van der Waals surface area contributed by atoms with E-state index in [1.807, 2.05) is 0 Å². The second-order valence-corrected chi connectivity index (χ2v) is 7.45. The van der Waals surface area contributed by atoms with E-state index in [-0.39, 0.29) is 5.41 Å². The monoisotopic (exact) mass is 327 g/mol. The van der Waals surface area contributed by atoms with Crippen molar-refractivity contribution >= 4 is 0 Å². The van der Waals surface area contributed by atoms with Gasteiger partial charge < -0.3 is 23.8 Å². The molecule has 0 spiro atoms. The van der Waals surface area contributed by atoms with Crippen LogP contribution in [0.25, 0.3) is 0 Å². The molecule has 0 unspecified atom stereocenters. The first-order chi connectivity index (χ1) is 11.3. The van der Waals surface area contributed by atoms with Crippen molar-refractivity contribution in [3.63, 3.8) is 0 Å². The quantitative estimate of drug-likeness (QED) is 0.715. The topological polar surface area (TPSA) is 40.2 Å². The van der Waals surface area contributed by atoms with Crippen LogP contribution in [-0.4, -0.2) is 77.4 Å². The summed E-state index contributed by atoms with van der Waals surface area (Å²) in [6.45, 7) is 8.49.